The highest BCUT2D eigenvalue weighted by Gasteiger charge is 2.04. The van der Waals surface area contributed by atoms with Gasteiger partial charge in [-0.2, -0.15) is 0 Å². The van der Waals surface area contributed by atoms with Crippen LogP contribution in [0.5, 0.6) is 0 Å². The second kappa shape index (κ2) is 6.30. The number of nitrogens with two attached hydrogens (primary N) is 1. The Hall–Kier alpha value is -2.48. The minimum absolute atomic E-state index is 0.107. The molecule has 0 bridgehead atoms. The minimum Gasteiger partial charge on any atom is -0.478 e. The van der Waals surface area contributed by atoms with Crippen LogP contribution in [-0.4, -0.2) is 23.5 Å². The molecule has 5 heteroatoms. The van der Waals surface area contributed by atoms with Crippen molar-refractivity contribution in [1.82, 2.24) is 5.32 Å². The average Bonchev–Trinajstić information content (AvgIpc) is 2.30. The molecule has 0 unspecified atom stereocenters. The van der Waals surface area contributed by atoms with E-state index in [0.717, 1.165) is 0 Å². The SMILES string of the molecule is CC(=O)NCCC#Cc1cc(C(=O)O)ccc1N. The van der Waals surface area contributed by atoms with Gasteiger partial charge in [-0.15, -0.1) is 0 Å². The van der Waals surface area contributed by atoms with Gasteiger partial charge < -0.3 is 16.2 Å². The van der Waals surface area contributed by atoms with Crippen LogP contribution in [0.1, 0.15) is 29.3 Å². The van der Waals surface area contributed by atoms with Crippen LogP contribution in [0.2, 0.25) is 0 Å². The van der Waals surface area contributed by atoms with E-state index in [1.807, 2.05) is 0 Å². The number of benzene rings is 1. The Kier molecular flexibility index (Phi) is 4.76. The molecule has 18 heavy (non-hydrogen) atoms. The Labute approximate surface area is 105 Å². The lowest BCUT2D eigenvalue weighted by Crippen LogP contribution is -2.20. The summed E-state index contributed by atoms with van der Waals surface area (Å²) in [5.74, 6) is 4.49. The van der Waals surface area contributed by atoms with Crippen molar-refractivity contribution in [3.8, 4) is 11.8 Å². The summed E-state index contributed by atoms with van der Waals surface area (Å²) in [7, 11) is 0. The van der Waals surface area contributed by atoms with Gasteiger partial charge in [0.25, 0.3) is 0 Å². The van der Waals surface area contributed by atoms with Gasteiger partial charge in [-0.05, 0) is 18.2 Å². The van der Waals surface area contributed by atoms with Crippen molar-refractivity contribution in [3.05, 3.63) is 29.3 Å². The summed E-state index contributed by atoms with van der Waals surface area (Å²) in [6.07, 6.45) is 0.482. The van der Waals surface area contributed by atoms with Crippen molar-refractivity contribution in [2.24, 2.45) is 0 Å². The smallest absolute Gasteiger partial charge is 0.335 e. The monoisotopic (exact) mass is 246 g/mol. The van der Waals surface area contributed by atoms with Gasteiger partial charge in [0.1, 0.15) is 0 Å². The summed E-state index contributed by atoms with van der Waals surface area (Å²) in [6, 6.07) is 4.38. The first-order chi connectivity index (χ1) is 8.50. The Morgan fingerprint density at radius 1 is 1.44 bits per heavy atom. The number of carbonyl (C=O) groups is 2. The first kappa shape index (κ1) is 13.6. The fourth-order valence-electron chi connectivity index (χ4n) is 1.26. The van der Waals surface area contributed by atoms with Crippen LogP contribution in [-0.2, 0) is 4.79 Å². The molecule has 1 aromatic rings. The topological polar surface area (TPSA) is 92.4 Å². The van der Waals surface area contributed by atoms with E-state index in [9.17, 15) is 9.59 Å². The van der Waals surface area contributed by atoms with E-state index in [0.29, 0.717) is 24.2 Å². The number of carbonyl (C=O) groups excluding carboxylic acids is 1. The molecule has 0 aliphatic rings. The van der Waals surface area contributed by atoms with Gasteiger partial charge in [0, 0.05) is 31.1 Å². The number of carboxylic acid groups (broad SMARTS) is 1. The molecule has 1 amide bonds. The predicted octanol–water partition coefficient (Wildman–Crippen LogP) is 0.845. The van der Waals surface area contributed by atoms with E-state index < -0.39 is 5.97 Å². The molecule has 0 heterocycles. The van der Waals surface area contributed by atoms with E-state index in [-0.39, 0.29) is 11.5 Å². The molecule has 0 fully saturated rings. The molecule has 5 nitrogen and oxygen atoms in total. The van der Waals surface area contributed by atoms with Crippen molar-refractivity contribution >= 4 is 17.6 Å². The third-order valence-corrected chi connectivity index (χ3v) is 2.15. The van der Waals surface area contributed by atoms with Crippen molar-refractivity contribution < 1.29 is 14.7 Å². The van der Waals surface area contributed by atoms with E-state index >= 15 is 0 Å². The predicted molar refractivity (Wildman–Crippen MR) is 68.0 cm³/mol. The molecule has 0 saturated carbocycles. The number of aromatic carboxylic acids is 1. The van der Waals surface area contributed by atoms with Gasteiger partial charge in [0.15, 0.2) is 0 Å². The fraction of sp³-hybridized carbons (Fsp3) is 0.231. The maximum atomic E-state index is 10.8. The number of hydrogen-bond donors (Lipinski definition) is 3. The number of nitrogens with one attached hydrogen (secondary N) is 1. The van der Waals surface area contributed by atoms with Gasteiger partial charge >= 0.3 is 5.97 Å². The summed E-state index contributed by atoms with van der Waals surface area (Å²) in [4.78, 5) is 21.4. The summed E-state index contributed by atoms with van der Waals surface area (Å²) < 4.78 is 0. The van der Waals surface area contributed by atoms with Crippen LogP contribution in [0, 0.1) is 11.8 Å². The molecular formula is C13H14N2O3. The molecule has 0 aliphatic carbocycles. The van der Waals surface area contributed by atoms with Gasteiger partial charge in [-0.1, -0.05) is 11.8 Å². The van der Waals surface area contributed by atoms with Gasteiger partial charge in [0.05, 0.1) is 5.56 Å². The summed E-state index contributed by atoms with van der Waals surface area (Å²) in [5, 5.41) is 11.4. The highest BCUT2D eigenvalue weighted by molar-refractivity contribution is 5.89. The quantitative estimate of drug-likeness (QED) is 0.418. The number of carboxylic acids is 1. The highest BCUT2D eigenvalue weighted by atomic mass is 16.4. The van der Waals surface area contributed by atoms with Crippen molar-refractivity contribution in [2.75, 3.05) is 12.3 Å². The molecule has 0 atom stereocenters. The molecule has 0 saturated heterocycles. The standard InChI is InChI=1S/C13H14N2O3/c1-9(16)15-7-3-2-4-10-8-11(13(17)18)5-6-12(10)14/h5-6,8H,3,7,14H2,1H3,(H,15,16)(H,17,18). The van der Waals surface area contributed by atoms with Crippen LogP contribution in [0.25, 0.3) is 0 Å². The van der Waals surface area contributed by atoms with Crippen molar-refractivity contribution in [2.45, 2.75) is 13.3 Å². The molecule has 0 aromatic heterocycles. The minimum atomic E-state index is -1.02. The zero-order valence-electron chi connectivity index (χ0n) is 9.99. The first-order valence-corrected chi connectivity index (χ1v) is 5.37. The molecular weight excluding hydrogens is 232 g/mol. The average molecular weight is 246 g/mol. The Morgan fingerprint density at radius 2 is 2.17 bits per heavy atom. The molecule has 0 radical (unpaired) electrons. The number of anilines is 1. The van der Waals surface area contributed by atoms with Gasteiger partial charge in [-0.25, -0.2) is 4.79 Å². The Balaban J connectivity index is 2.71. The summed E-state index contributed by atoms with van der Waals surface area (Å²) >= 11 is 0. The van der Waals surface area contributed by atoms with Crippen LogP contribution >= 0.6 is 0 Å². The highest BCUT2D eigenvalue weighted by Crippen LogP contribution is 2.12. The van der Waals surface area contributed by atoms with E-state index in [4.69, 9.17) is 10.8 Å². The first-order valence-electron chi connectivity index (χ1n) is 5.37. The number of amides is 1. The number of nitrogen functional groups attached to an aromatic ring is 1. The lowest BCUT2D eigenvalue weighted by molar-refractivity contribution is -0.118. The lowest BCUT2D eigenvalue weighted by atomic mass is 10.1. The van der Waals surface area contributed by atoms with Gasteiger partial charge in [-0.3, -0.25) is 4.79 Å². The molecule has 1 aromatic carbocycles. The van der Waals surface area contributed by atoms with E-state index in [1.165, 1.54) is 25.1 Å². The fourth-order valence-corrected chi connectivity index (χ4v) is 1.26. The van der Waals surface area contributed by atoms with E-state index in [1.54, 1.807) is 0 Å². The molecule has 0 spiro atoms. The molecule has 0 aliphatic heterocycles. The molecule has 94 valence electrons. The summed E-state index contributed by atoms with van der Waals surface area (Å²) in [6.45, 7) is 1.89. The zero-order chi connectivity index (χ0) is 13.5. The van der Waals surface area contributed by atoms with Crippen molar-refractivity contribution in [3.63, 3.8) is 0 Å². The Morgan fingerprint density at radius 3 is 2.78 bits per heavy atom. The van der Waals surface area contributed by atoms with Gasteiger partial charge in [0.2, 0.25) is 5.91 Å². The van der Waals surface area contributed by atoms with Crippen LogP contribution < -0.4 is 11.1 Å². The second-order valence-corrected chi connectivity index (χ2v) is 3.64. The van der Waals surface area contributed by atoms with E-state index in [2.05, 4.69) is 17.2 Å². The Bertz CT molecular complexity index is 527. The second-order valence-electron chi connectivity index (χ2n) is 3.64. The van der Waals surface area contributed by atoms with Crippen LogP contribution in [0.4, 0.5) is 5.69 Å². The van der Waals surface area contributed by atoms with Crippen molar-refractivity contribution in [1.29, 1.82) is 0 Å². The number of hydrogen-bond acceptors (Lipinski definition) is 3. The largest absolute Gasteiger partial charge is 0.478 e. The number of rotatable bonds is 3. The van der Waals surface area contributed by atoms with Crippen LogP contribution in [0.15, 0.2) is 18.2 Å². The third kappa shape index (κ3) is 4.18. The van der Waals surface area contributed by atoms with Crippen LogP contribution in [0.3, 0.4) is 0 Å². The zero-order valence-corrected chi connectivity index (χ0v) is 9.99. The third-order valence-electron chi connectivity index (χ3n) is 2.15. The molecule has 4 N–H and O–H groups in total. The normalized spacial score (nSPS) is 9.17. The summed E-state index contributed by atoms with van der Waals surface area (Å²) in [5.41, 5.74) is 6.76. The molecule has 1 rings (SSSR count). The maximum absolute atomic E-state index is 10.8. The maximum Gasteiger partial charge on any atom is 0.335 e. The lowest BCUT2D eigenvalue weighted by Gasteiger charge is -2.00.